The minimum absolute atomic E-state index is 0.0513. The first kappa shape index (κ1) is 14.9. The number of hydrogen-bond donors (Lipinski definition) is 2. The van der Waals surface area contributed by atoms with Gasteiger partial charge in [-0.3, -0.25) is 0 Å². The zero-order valence-electron chi connectivity index (χ0n) is 11.7. The fraction of sp³-hybridized carbons (Fsp3) is 1.00. The minimum Gasteiger partial charge on any atom is -0.396 e. The zero-order chi connectivity index (χ0) is 12.7. The molecule has 0 radical (unpaired) electrons. The highest BCUT2D eigenvalue weighted by Crippen LogP contribution is 2.26. The van der Waals surface area contributed by atoms with Gasteiger partial charge in [-0.15, -0.1) is 0 Å². The standard InChI is InChI=1S/C14H29NO2/c1-4-14(5-2,11-16)10-15-12-8-6-7-9-13(12)17-3/h12-13,15-16H,4-11H2,1-3H3. The summed E-state index contributed by atoms with van der Waals surface area (Å²) in [6, 6.07) is 0.470. The van der Waals surface area contributed by atoms with E-state index in [4.69, 9.17) is 4.74 Å². The largest absolute Gasteiger partial charge is 0.396 e. The van der Waals surface area contributed by atoms with Crippen LogP contribution in [0, 0.1) is 5.41 Å². The van der Waals surface area contributed by atoms with E-state index in [1.807, 2.05) is 7.11 Å². The van der Waals surface area contributed by atoms with Gasteiger partial charge in [-0.25, -0.2) is 0 Å². The SMILES string of the molecule is CCC(CC)(CO)CNC1CCCCC1OC. The first-order valence-corrected chi connectivity index (χ1v) is 7.08. The molecule has 0 aromatic heterocycles. The smallest absolute Gasteiger partial charge is 0.0724 e. The third-order valence-corrected chi connectivity index (χ3v) is 4.58. The van der Waals surface area contributed by atoms with Crippen LogP contribution in [0.2, 0.25) is 0 Å². The normalized spacial score (nSPS) is 26.1. The van der Waals surface area contributed by atoms with Crippen molar-refractivity contribution in [2.45, 2.75) is 64.5 Å². The van der Waals surface area contributed by atoms with E-state index in [2.05, 4.69) is 19.2 Å². The molecule has 0 aromatic rings. The van der Waals surface area contributed by atoms with E-state index in [0.717, 1.165) is 19.4 Å². The van der Waals surface area contributed by atoms with Crippen LogP contribution in [0.25, 0.3) is 0 Å². The summed E-state index contributed by atoms with van der Waals surface area (Å²) in [6.07, 6.45) is 7.35. The fourth-order valence-corrected chi connectivity index (χ4v) is 2.74. The van der Waals surface area contributed by atoms with Crippen LogP contribution in [0.4, 0.5) is 0 Å². The summed E-state index contributed by atoms with van der Waals surface area (Å²) in [6.45, 7) is 5.50. The molecule has 0 aromatic carbocycles. The number of aliphatic hydroxyl groups excluding tert-OH is 1. The van der Waals surface area contributed by atoms with Crippen molar-refractivity contribution in [3.63, 3.8) is 0 Å². The van der Waals surface area contributed by atoms with Gasteiger partial charge in [-0.2, -0.15) is 0 Å². The van der Waals surface area contributed by atoms with Gasteiger partial charge in [0.25, 0.3) is 0 Å². The lowest BCUT2D eigenvalue weighted by molar-refractivity contribution is 0.0311. The Morgan fingerprint density at radius 2 is 1.88 bits per heavy atom. The zero-order valence-corrected chi connectivity index (χ0v) is 11.7. The molecular formula is C14H29NO2. The number of aliphatic hydroxyl groups is 1. The molecular weight excluding hydrogens is 214 g/mol. The molecule has 0 bridgehead atoms. The Morgan fingerprint density at radius 1 is 1.24 bits per heavy atom. The Morgan fingerprint density at radius 3 is 2.41 bits per heavy atom. The first-order valence-electron chi connectivity index (χ1n) is 7.08. The van der Waals surface area contributed by atoms with Crippen LogP contribution >= 0.6 is 0 Å². The number of nitrogens with one attached hydrogen (secondary N) is 1. The third-order valence-electron chi connectivity index (χ3n) is 4.58. The molecule has 17 heavy (non-hydrogen) atoms. The maximum Gasteiger partial charge on any atom is 0.0724 e. The second kappa shape index (κ2) is 7.34. The second-order valence-corrected chi connectivity index (χ2v) is 5.41. The van der Waals surface area contributed by atoms with Gasteiger partial charge in [-0.1, -0.05) is 26.7 Å². The van der Waals surface area contributed by atoms with Crippen molar-refractivity contribution in [1.82, 2.24) is 5.32 Å². The molecule has 102 valence electrons. The summed E-state index contributed by atoms with van der Waals surface area (Å²) in [4.78, 5) is 0. The predicted octanol–water partition coefficient (Wildman–Crippen LogP) is 2.33. The van der Waals surface area contributed by atoms with Crippen molar-refractivity contribution in [2.75, 3.05) is 20.3 Å². The van der Waals surface area contributed by atoms with E-state index < -0.39 is 0 Å². The molecule has 2 N–H and O–H groups in total. The molecule has 2 atom stereocenters. The number of ether oxygens (including phenoxy) is 1. The Kier molecular flexibility index (Phi) is 6.45. The highest BCUT2D eigenvalue weighted by molar-refractivity contribution is 4.86. The Labute approximate surface area is 106 Å². The summed E-state index contributed by atoms with van der Waals surface area (Å²) < 4.78 is 5.54. The number of rotatable bonds is 7. The van der Waals surface area contributed by atoms with E-state index >= 15 is 0 Å². The topological polar surface area (TPSA) is 41.5 Å². The Bertz CT molecular complexity index is 196. The average Bonchev–Trinajstić information content (AvgIpc) is 2.41. The van der Waals surface area contributed by atoms with Crippen LogP contribution in [0.15, 0.2) is 0 Å². The molecule has 1 fully saturated rings. The maximum atomic E-state index is 9.56. The maximum absolute atomic E-state index is 9.56. The summed E-state index contributed by atoms with van der Waals surface area (Å²) in [7, 11) is 1.81. The molecule has 3 nitrogen and oxygen atoms in total. The van der Waals surface area contributed by atoms with Crippen molar-refractivity contribution in [3.8, 4) is 0 Å². The van der Waals surface area contributed by atoms with Gasteiger partial charge in [0.2, 0.25) is 0 Å². The average molecular weight is 243 g/mol. The molecule has 1 saturated carbocycles. The van der Waals surface area contributed by atoms with Crippen LogP contribution in [0.1, 0.15) is 52.4 Å². The molecule has 1 rings (SSSR count). The summed E-state index contributed by atoms with van der Waals surface area (Å²) in [5.41, 5.74) is 0.0513. The van der Waals surface area contributed by atoms with E-state index in [9.17, 15) is 5.11 Å². The quantitative estimate of drug-likeness (QED) is 0.721. The van der Waals surface area contributed by atoms with Gasteiger partial charge in [0.05, 0.1) is 6.10 Å². The van der Waals surface area contributed by atoms with Gasteiger partial charge >= 0.3 is 0 Å². The molecule has 2 unspecified atom stereocenters. The molecule has 1 aliphatic carbocycles. The van der Waals surface area contributed by atoms with E-state index in [1.54, 1.807) is 0 Å². The van der Waals surface area contributed by atoms with E-state index in [1.165, 1.54) is 25.7 Å². The molecule has 0 saturated heterocycles. The highest BCUT2D eigenvalue weighted by atomic mass is 16.5. The van der Waals surface area contributed by atoms with E-state index in [0.29, 0.717) is 12.1 Å². The second-order valence-electron chi connectivity index (χ2n) is 5.41. The molecule has 0 amide bonds. The lowest BCUT2D eigenvalue weighted by Gasteiger charge is -2.36. The van der Waals surface area contributed by atoms with Crippen molar-refractivity contribution >= 4 is 0 Å². The van der Waals surface area contributed by atoms with Gasteiger partial charge in [0.1, 0.15) is 0 Å². The molecule has 3 heteroatoms. The molecule has 0 heterocycles. The van der Waals surface area contributed by atoms with Crippen LogP contribution in [0.3, 0.4) is 0 Å². The monoisotopic (exact) mass is 243 g/mol. The van der Waals surface area contributed by atoms with Crippen LogP contribution in [0.5, 0.6) is 0 Å². The minimum atomic E-state index is 0.0513. The first-order chi connectivity index (χ1) is 8.21. The van der Waals surface area contributed by atoms with Crippen LogP contribution < -0.4 is 5.32 Å². The van der Waals surface area contributed by atoms with Gasteiger partial charge < -0.3 is 15.2 Å². The molecule has 0 spiro atoms. The lowest BCUT2D eigenvalue weighted by atomic mass is 9.82. The van der Waals surface area contributed by atoms with Crippen LogP contribution in [-0.2, 0) is 4.74 Å². The Hall–Kier alpha value is -0.120. The summed E-state index contributed by atoms with van der Waals surface area (Å²) in [5, 5.41) is 13.2. The van der Waals surface area contributed by atoms with Gasteiger partial charge in [0, 0.05) is 31.7 Å². The number of methoxy groups -OCH3 is 1. The van der Waals surface area contributed by atoms with Gasteiger partial charge in [0.15, 0.2) is 0 Å². The third kappa shape index (κ3) is 3.94. The highest BCUT2D eigenvalue weighted by Gasteiger charge is 2.29. The fourth-order valence-electron chi connectivity index (χ4n) is 2.74. The van der Waals surface area contributed by atoms with Gasteiger partial charge in [-0.05, 0) is 25.7 Å². The molecule has 0 aliphatic heterocycles. The number of hydrogen-bond acceptors (Lipinski definition) is 3. The summed E-state index contributed by atoms with van der Waals surface area (Å²) >= 11 is 0. The van der Waals surface area contributed by atoms with Crippen molar-refractivity contribution in [1.29, 1.82) is 0 Å². The Balaban J connectivity index is 2.46. The molecule has 1 aliphatic rings. The van der Waals surface area contributed by atoms with E-state index in [-0.39, 0.29) is 12.0 Å². The van der Waals surface area contributed by atoms with Crippen molar-refractivity contribution < 1.29 is 9.84 Å². The van der Waals surface area contributed by atoms with Crippen LogP contribution in [-0.4, -0.2) is 37.5 Å². The lowest BCUT2D eigenvalue weighted by Crippen LogP contribution is -2.48. The predicted molar refractivity (Wildman–Crippen MR) is 71.2 cm³/mol. The summed E-state index contributed by atoms with van der Waals surface area (Å²) in [5.74, 6) is 0. The van der Waals surface area contributed by atoms with Crippen molar-refractivity contribution in [3.05, 3.63) is 0 Å². The van der Waals surface area contributed by atoms with Crippen molar-refractivity contribution in [2.24, 2.45) is 5.41 Å².